The molecule has 1 aromatic rings. The van der Waals surface area contributed by atoms with Crippen molar-refractivity contribution >= 4 is 5.91 Å². The first-order chi connectivity index (χ1) is 7.45. The van der Waals surface area contributed by atoms with Gasteiger partial charge in [0.1, 0.15) is 12.4 Å². The molecule has 0 spiro atoms. The molecule has 16 heavy (non-hydrogen) atoms. The third-order valence-corrected chi connectivity index (χ3v) is 2.48. The van der Waals surface area contributed by atoms with Gasteiger partial charge < -0.3 is 10.4 Å². The smallest absolute Gasteiger partial charge is 0.245 e. The SMILES string of the molecule is CC(C)(CNC(=O)CO)c1cccc(F)c1. The van der Waals surface area contributed by atoms with Crippen LogP contribution in [0.3, 0.4) is 0 Å². The van der Waals surface area contributed by atoms with Crippen LogP contribution in [0.4, 0.5) is 4.39 Å². The van der Waals surface area contributed by atoms with Crippen LogP contribution in [0.1, 0.15) is 19.4 Å². The number of aliphatic hydroxyl groups excluding tert-OH is 1. The van der Waals surface area contributed by atoms with Gasteiger partial charge in [0.05, 0.1) is 0 Å². The lowest BCUT2D eigenvalue weighted by Gasteiger charge is -2.25. The molecule has 0 radical (unpaired) electrons. The van der Waals surface area contributed by atoms with Crippen molar-refractivity contribution in [2.75, 3.05) is 13.2 Å². The number of halogens is 1. The van der Waals surface area contributed by atoms with E-state index in [1.807, 2.05) is 19.9 Å². The zero-order valence-electron chi connectivity index (χ0n) is 9.46. The number of hydrogen-bond acceptors (Lipinski definition) is 2. The monoisotopic (exact) mass is 225 g/mol. The van der Waals surface area contributed by atoms with Gasteiger partial charge in [-0.3, -0.25) is 4.79 Å². The van der Waals surface area contributed by atoms with E-state index < -0.39 is 12.5 Å². The molecule has 0 fully saturated rings. The number of hydrogen-bond donors (Lipinski definition) is 2. The fraction of sp³-hybridized carbons (Fsp3) is 0.417. The molecule has 0 aliphatic rings. The van der Waals surface area contributed by atoms with Crippen molar-refractivity contribution in [3.63, 3.8) is 0 Å². The molecular formula is C12H16FNO2. The van der Waals surface area contributed by atoms with E-state index in [1.54, 1.807) is 6.07 Å². The average Bonchev–Trinajstić information content (AvgIpc) is 2.26. The molecule has 88 valence electrons. The predicted octanol–water partition coefficient (Wildman–Crippen LogP) is 1.21. The number of carbonyl (C=O) groups is 1. The normalized spacial score (nSPS) is 11.2. The van der Waals surface area contributed by atoms with Crippen molar-refractivity contribution in [3.8, 4) is 0 Å². The molecule has 0 atom stereocenters. The minimum Gasteiger partial charge on any atom is -0.387 e. The number of aliphatic hydroxyl groups is 1. The van der Waals surface area contributed by atoms with Gasteiger partial charge >= 0.3 is 0 Å². The third kappa shape index (κ3) is 3.31. The lowest BCUT2D eigenvalue weighted by molar-refractivity contribution is -0.124. The van der Waals surface area contributed by atoms with E-state index in [2.05, 4.69) is 5.32 Å². The highest BCUT2D eigenvalue weighted by molar-refractivity contribution is 5.76. The minimum absolute atomic E-state index is 0.293. The van der Waals surface area contributed by atoms with Crippen molar-refractivity contribution < 1.29 is 14.3 Å². The first kappa shape index (κ1) is 12.6. The summed E-state index contributed by atoms with van der Waals surface area (Å²) in [5.74, 6) is -0.719. The van der Waals surface area contributed by atoms with Gasteiger partial charge in [0.25, 0.3) is 0 Å². The van der Waals surface area contributed by atoms with E-state index in [9.17, 15) is 9.18 Å². The second-order valence-electron chi connectivity index (χ2n) is 4.33. The molecule has 0 saturated heterocycles. The lowest BCUT2D eigenvalue weighted by atomic mass is 9.84. The Labute approximate surface area is 94.3 Å². The summed E-state index contributed by atoms with van der Waals surface area (Å²) in [5, 5.41) is 11.2. The molecule has 0 saturated carbocycles. The van der Waals surface area contributed by atoms with Crippen LogP contribution >= 0.6 is 0 Å². The Balaban J connectivity index is 2.73. The topological polar surface area (TPSA) is 49.3 Å². The van der Waals surface area contributed by atoms with Gasteiger partial charge in [0.15, 0.2) is 0 Å². The minimum atomic E-state index is -0.529. The molecule has 1 aromatic carbocycles. The van der Waals surface area contributed by atoms with Crippen LogP contribution in [0.25, 0.3) is 0 Å². The molecule has 0 aliphatic heterocycles. The molecule has 0 aromatic heterocycles. The highest BCUT2D eigenvalue weighted by Crippen LogP contribution is 2.22. The Morgan fingerprint density at radius 2 is 2.19 bits per heavy atom. The maximum absolute atomic E-state index is 13.0. The summed E-state index contributed by atoms with van der Waals surface area (Å²) in [4.78, 5) is 10.9. The molecule has 0 heterocycles. The van der Waals surface area contributed by atoms with Gasteiger partial charge in [-0.05, 0) is 17.7 Å². The first-order valence-corrected chi connectivity index (χ1v) is 5.09. The van der Waals surface area contributed by atoms with Crippen LogP contribution < -0.4 is 5.32 Å². The van der Waals surface area contributed by atoms with E-state index in [0.717, 1.165) is 5.56 Å². The van der Waals surface area contributed by atoms with Crippen molar-refractivity contribution in [2.45, 2.75) is 19.3 Å². The van der Waals surface area contributed by atoms with Gasteiger partial charge in [-0.15, -0.1) is 0 Å². The largest absolute Gasteiger partial charge is 0.387 e. The van der Waals surface area contributed by atoms with Crippen molar-refractivity contribution in [3.05, 3.63) is 35.6 Å². The molecule has 1 amide bonds. The van der Waals surface area contributed by atoms with Gasteiger partial charge in [-0.2, -0.15) is 0 Å². The summed E-state index contributed by atoms with van der Waals surface area (Å²) < 4.78 is 13.0. The Morgan fingerprint density at radius 3 is 2.75 bits per heavy atom. The average molecular weight is 225 g/mol. The lowest BCUT2D eigenvalue weighted by Crippen LogP contribution is -2.37. The highest BCUT2D eigenvalue weighted by atomic mass is 19.1. The Bertz CT molecular complexity index is 377. The summed E-state index contributed by atoms with van der Waals surface area (Å²) in [6.45, 7) is 3.63. The summed E-state index contributed by atoms with van der Waals surface area (Å²) in [5.41, 5.74) is 0.443. The number of carbonyl (C=O) groups excluding carboxylic acids is 1. The maximum atomic E-state index is 13.0. The van der Waals surface area contributed by atoms with Crippen LogP contribution in [0.2, 0.25) is 0 Å². The van der Waals surface area contributed by atoms with E-state index in [4.69, 9.17) is 5.11 Å². The second kappa shape index (κ2) is 5.07. The van der Waals surface area contributed by atoms with Gasteiger partial charge in [-0.1, -0.05) is 26.0 Å². The van der Waals surface area contributed by atoms with Gasteiger partial charge in [0, 0.05) is 12.0 Å². The third-order valence-electron chi connectivity index (χ3n) is 2.48. The van der Waals surface area contributed by atoms with Crippen molar-refractivity contribution in [1.29, 1.82) is 0 Å². The second-order valence-corrected chi connectivity index (χ2v) is 4.33. The number of nitrogens with one attached hydrogen (secondary N) is 1. The zero-order valence-corrected chi connectivity index (χ0v) is 9.46. The van der Waals surface area contributed by atoms with Crippen molar-refractivity contribution in [1.82, 2.24) is 5.32 Å². The fourth-order valence-corrected chi connectivity index (χ4v) is 1.39. The van der Waals surface area contributed by atoms with E-state index in [1.165, 1.54) is 12.1 Å². The standard InChI is InChI=1S/C12H16FNO2/c1-12(2,8-14-11(16)7-15)9-4-3-5-10(13)6-9/h3-6,15H,7-8H2,1-2H3,(H,14,16). The summed E-state index contributed by atoms with van der Waals surface area (Å²) in [7, 11) is 0. The number of amides is 1. The molecule has 0 aliphatic carbocycles. The summed E-state index contributed by atoms with van der Waals surface area (Å²) in [6.07, 6.45) is 0. The van der Waals surface area contributed by atoms with Crippen LogP contribution in [0.15, 0.2) is 24.3 Å². The van der Waals surface area contributed by atoms with Crippen LogP contribution in [0, 0.1) is 5.82 Å². The zero-order chi connectivity index (χ0) is 12.2. The Kier molecular flexibility index (Phi) is 4.01. The van der Waals surface area contributed by atoms with Gasteiger partial charge in [-0.25, -0.2) is 4.39 Å². The van der Waals surface area contributed by atoms with Crippen LogP contribution in [0.5, 0.6) is 0 Å². The fourth-order valence-electron chi connectivity index (χ4n) is 1.39. The Morgan fingerprint density at radius 1 is 1.50 bits per heavy atom. The molecular weight excluding hydrogens is 209 g/mol. The maximum Gasteiger partial charge on any atom is 0.245 e. The Hall–Kier alpha value is -1.42. The number of rotatable bonds is 4. The number of benzene rings is 1. The van der Waals surface area contributed by atoms with E-state index in [-0.39, 0.29) is 11.2 Å². The molecule has 4 heteroatoms. The van der Waals surface area contributed by atoms with E-state index in [0.29, 0.717) is 6.54 Å². The summed E-state index contributed by atoms with van der Waals surface area (Å²) in [6, 6.07) is 6.28. The summed E-state index contributed by atoms with van der Waals surface area (Å²) >= 11 is 0. The first-order valence-electron chi connectivity index (χ1n) is 5.09. The van der Waals surface area contributed by atoms with Crippen LogP contribution in [-0.2, 0) is 10.2 Å². The van der Waals surface area contributed by atoms with E-state index >= 15 is 0 Å². The van der Waals surface area contributed by atoms with Crippen molar-refractivity contribution in [2.24, 2.45) is 0 Å². The highest BCUT2D eigenvalue weighted by Gasteiger charge is 2.21. The van der Waals surface area contributed by atoms with Crippen LogP contribution in [-0.4, -0.2) is 24.2 Å². The predicted molar refractivity (Wildman–Crippen MR) is 59.5 cm³/mol. The molecule has 3 nitrogen and oxygen atoms in total. The molecule has 2 N–H and O–H groups in total. The van der Waals surface area contributed by atoms with Gasteiger partial charge in [0.2, 0.25) is 5.91 Å². The molecule has 1 rings (SSSR count). The molecule has 0 unspecified atom stereocenters. The molecule has 0 bridgehead atoms. The quantitative estimate of drug-likeness (QED) is 0.809.